The predicted molar refractivity (Wildman–Crippen MR) is 109 cm³/mol. The Morgan fingerprint density at radius 2 is 1.93 bits per heavy atom. The molecule has 0 saturated carbocycles. The summed E-state index contributed by atoms with van der Waals surface area (Å²) in [7, 11) is 0.918. The predicted octanol–water partition coefficient (Wildman–Crippen LogP) is 3.04. The Kier molecular flexibility index (Phi) is 7.18. The molecule has 0 saturated heterocycles. The summed E-state index contributed by atoms with van der Waals surface area (Å²) in [5.41, 5.74) is 1.27. The Morgan fingerprint density at radius 3 is 2.59 bits per heavy atom. The van der Waals surface area contributed by atoms with Crippen LogP contribution in [-0.2, 0) is 21.4 Å². The number of carbonyl (C=O) groups excluding carboxylic acids is 1. The first kappa shape index (κ1) is 21.1. The lowest BCUT2D eigenvalue weighted by molar-refractivity contribution is -0.116. The normalized spacial score (nSPS) is 11.7. The lowest BCUT2D eigenvalue weighted by Crippen LogP contribution is -2.26. The molecule has 8 heteroatoms. The van der Waals surface area contributed by atoms with E-state index in [1.165, 1.54) is 26.2 Å². The fourth-order valence-corrected chi connectivity index (χ4v) is 3.83. The molecule has 0 fully saturated rings. The molecule has 0 spiro atoms. The van der Waals surface area contributed by atoms with Crippen molar-refractivity contribution in [2.24, 2.45) is 0 Å². The van der Waals surface area contributed by atoms with Gasteiger partial charge in [0.25, 0.3) is 0 Å². The molecule has 2 rings (SSSR count). The van der Waals surface area contributed by atoms with Crippen molar-refractivity contribution < 1.29 is 17.9 Å². The van der Waals surface area contributed by atoms with E-state index in [0.717, 1.165) is 14.3 Å². The van der Waals surface area contributed by atoms with Gasteiger partial charge in [0.15, 0.2) is 0 Å². The van der Waals surface area contributed by atoms with Crippen LogP contribution >= 0.6 is 15.9 Å². The van der Waals surface area contributed by atoms with Gasteiger partial charge in [0.1, 0.15) is 5.75 Å². The molecule has 0 radical (unpaired) electrons. The van der Waals surface area contributed by atoms with Gasteiger partial charge in [-0.25, -0.2) is 12.7 Å². The summed E-state index contributed by atoms with van der Waals surface area (Å²) in [5, 5.41) is 2.71. The average Bonchev–Trinajstić information content (AvgIpc) is 2.64. The van der Waals surface area contributed by atoms with E-state index in [1.807, 2.05) is 12.1 Å². The van der Waals surface area contributed by atoms with Gasteiger partial charge in [-0.05, 0) is 35.9 Å². The molecule has 0 aliphatic rings. The van der Waals surface area contributed by atoms with Crippen molar-refractivity contribution in [2.45, 2.75) is 11.4 Å². The van der Waals surface area contributed by atoms with Gasteiger partial charge in [0, 0.05) is 36.8 Å². The third kappa shape index (κ3) is 5.41. The Balaban J connectivity index is 2.13. The molecule has 6 nitrogen and oxygen atoms in total. The molecule has 0 aliphatic heterocycles. The zero-order chi connectivity index (χ0) is 20.0. The second-order valence-corrected chi connectivity index (χ2v) is 8.87. The lowest BCUT2D eigenvalue weighted by atomic mass is 10.2. The van der Waals surface area contributed by atoms with Crippen molar-refractivity contribution in [2.75, 3.05) is 21.2 Å². The van der Waals surface area contributed by atoms with Gasteiger partial charge in [-0.15, -0.1) is 0 Å². The van der Waals surface area contributed by atoms with Crippen LogP contribution in [0.4, 0.5) is 0 Å². The summed E-state index contributed by atoms with van der Waals surface area (Å²) in [6.07, 6.45) is 3.02. The number of carbonyl (C=O) groups is 1. The molecule has 0 aromatic heterocycles. The monoisotopic (exact) mass is 452 g/mol. The van der Waals surface area contributed by atoms with Gasteiger partial charge in [-0.3, -0.25) is 4.79 Å². The maximum Gasteiger partial charge on any atom is 0.244 e. The summed E-state index contributed by atoms with van der Waals surface area (Å²) in [4.78, 5) is 12.3. The standard InChI is InChI=1S/C19H21BrN2O4S/c1-22(2)27(24,25)18-7-5-4-6-15(18)13-21-19(23)11-8-14-12-16(20)9-10-17(14)26-3/h4-12H,13H2,1-3H3,(H,21,23)/b11-8+. The lowest BCUT2D eigenvalue weighted by Gasteiger charge is -2.15. The maximum absolute atomic E-state index is 12.4. The largest absolute Gasteiger partial charge is 0.496 e. The molecule has 0 bridgehead atoms. The minimum atomic E-state index is -3.58. The molecular formula is C19H21BrN2O4S. The number of nitrogens with one attached hydrogen (secondary N) is 1. The van der Waals surface area contributed by atoms with Crippen LogP contribution in [-0.4, -0.2) is 39.8 Å². The molecule has 144 valence electrons. The van der Waals surface area contributed by atoms with Gasteiger partial charge in [-0.2, -0.15) is 0 Å². The first-order chi connectivity index (χ1) is 12.8. The van der Waals surface area contributed by atoms with Crippen LogP contribution < -0.4 is 10.1 Å². The van der Waals surface area contributed by atoms with Crippen molar-refractivity contribution in [1.29, 1.82) is 0 Å². The number of rotatable bonds is 7. The van der Waals surface area contributed by atoms with Crippen LogP contribution in [0.1, 0.15) is 11.1 Å². The van der Waals surface area contributed by atoms with Crippen molar-refractivity contribution in [3.63, 3.8) is 0 Å². The SMILES string of the molecule is COc1ccc(Br)cc1/C=C/C(=O)NCc1ccccc1S(=O)(=O)N(C)C. The third-order valence-corrected chi connectivity index (χ3v) is 6.20. The number of halogens is 1. The fraction of sp³-hybridized carbons (Fsp3) is 0.211. The first-order valence-electron chi connectivity index (χ1n) is 8.05. The Hall–Kier alpha value is -2.16. The zero-order valence-corrected chi connectivity index (χ0v) is 17.7. The maximum atomic E-state index is 12.4. The van der Waals surface area contributed by atoms with Crippen LogP contribution in [0.15, 0.2) is 57.9 Å². The highest BCUT2D eigenvalue weighted by Crippen LogP contribution is 2.24. The second kappa shape index (κ2) is 9.16. The Morgan fingerprint density at radius 1 is 1.22 bits per heavy atom. The van der Waals surface area contributed by atoms with Crippen LogP contribution in [0.5, 0.6) is 5.75 Å². The number of ether oxygens (including phenoxy) is 1. The Bertz CT molecular complexity index is 956. The molecule has 0 atom stereocenters. The van der Waals surface area contributed by atoms with Crippen LogP contribution in [0, 0.1) is 0 Å². The van der Waals surface area contributed by atoms with Crippen LogP contribution in [0.2, 0.25) is 0 Å². The second-order valence-electron chi connectivity index (χ2n) is 5.83. The first-order valence-corrected chi connectivity index (χ1v) is 10.3. The van der Waals surface area contributed by atoms with Gasteiger partial charge < -0.3 is 10.1 Å². The number of sulfonamides is 1. The van der Waals surface area contributed by atoms with E-state index in [4.69, 9.17) is 4.74 Å². The molecule has 0 unspecified atom stereocenters. The zero-order valence-electron chi connectivity index (χ0n) is 15.3. The molecule has 1 amide bonds. The highest BCUT2D eigenvalue weighted by atomic mass is 79.9. The number of methoxy groups -OCH3 is 1. The van der Waals surface area contributed by atoms with E-state index < -0.39 is 10.0 Å². The molecule has 27 heavy (non-hydrogen) atoms. The smallest absolute Gasteiger partial charge is 0.244 e. The highest BCUT2D eigenvalue weighted by Gasteiger charge is 2.20. The summed E-state index contributed by atoms with van der Waals surface area (Å²) >= 11 is 3.38. The minimum Gasteiger partial charge on any atom is -0.496 e. The molecule has 2 aromatic rings. The number of benzene rings is 2. The van der Waals surface area contributed by atoms with Crippen molar-refractivity contribution in [3.8, 4) is 5.75 Å². The number of hydrogen-bond donors (Lipinski definition) is 1. The number of amides is 1. The van der Waals surface area contributed by atoms with E-state index in [9.17, 15) is 13.2 Å². The molecule has 0 heterocycles. The minimum absolute atomic E-state index is 0.0992. The van der Waals surface area contributed by atoms with Crippen molar-refractivity contribution in [3.05, 3.63) is 64.1 Å². The van der Waals surface area contributed by atoms with Gasteiger partial charge >= 0.3 is 0 Å². The highest BCUT2D eigenvalue weighted by molar-refractivity contribution is 9.10. The van der Waals surface area contributed by atoms with Crippen LogP contribution in [0.25, 0.3) is 6.08 Å². The van der Waals surface area contributed by atoms with Crippen molar-refractivity contribution >= 4 is 37.9 Å². The topological polar surface area (TPSA) is 75.7 Å². The van der Waals surface area contributed by atoms with Crippen molar-refractivity contribution in [1.82, 2.24) is 9.62 Å². The number of hydrogen-bond acceptors (Lipinski definition) is 4. The van der Waals surface area contributed by atoms with Gasteiger partial charge in [0.2, 0.25) is 15.9 Å². The molecular weight excluding hydrogens is 432 g/mol. The van der Waals surface area contributed by atoms with E-state index in [-0.39, 0.29) is 17.3 Å². The fourth-order valence-electron chi connectivity index (χ4n) is 2.34. The van der Waals surface area contributed by atoms with E-state index in [2.05, 4.69) is 21.2 Å². The Labute approximate surface area is 168 Å². The van der Waals surface area contributed by atoms with Crippen LogP contribution in [0.3, 0.4) is 0 Å². The average molecular weight is 453 g/mol. The third-order valence-electron chi connectivity index (χ3n) is 3.79. The summed E-state index contributed by atoms with van der Waals surface area (Å²) in [6.45, 7) is 0.0992. The van der Waals surface area contributed by atoms with E-state index in [0.29, 0.717) is 11.3 Å². The molecule has 2 aromatic carbocycles. The summed E-state index contributed by atoms with van der Waals surface area (Å²) in [6, 6.07) is 12.1. The molecule has 1 N–H and O–H groups in total. The van der Waals surface area contributed by atoms with E-state index >= 15 is 0 Å². The summed E-state index contributed by atoms with van der Waals surface area (Å²) in [5.74, 6) is 0.304. The number of nitrogens with zero attached hydrogens (tertiary/aromatic N) is 1. The quantitative estimate of drug-likeness (QED) is 0.654. The molecule has 0 aliphatic carbocycles. The van der Waals surface area contributed by atoms with Gasteiger partial charge in [-0.1, -0.05) is 34.1 Å². The summed E-state index contributed by atoms with van der Waals surface area (Å²) < 4.78 is 32.1. The van der Waals surface area contributed by atoms with Gasteiger partial charge in [0.05, 0.1) is 12.0 Å². The van der Waals surface area contributed by atoms with E-state index in [1.54, 1.807) is 37.5 Å².